The Morgan fingerprint density at radius 3 is 2.46 bits per heavy atom. The Balaban J connectivity index is 1.11. The molecule has 9 heteroatoms. The van der Waals surface area contributed by atoms with E-state index in [0.717, 1.165) is 44.2 Å². The van der Waals surface area contributed by atoms with Crippen LogP contribution in [-0.2, 0) is 25.5 Å². The average Bonchev–Trinajstić information content (AvgIpc) is 3.65. The van der Waals surface area contributed by atoms with E-state index in [4.69, 9.17) is 14.2 Å². The third-order valence-electron chi connectivity index (χ3n) is 15.5. The lowest BCUT2D eigenvalue weighted by molar-refractivity contribution is -0.216. The van der Waals surface area contributed by atoms with Gasteiger partial charge in [-0.05, 0) is 117 Å². The number of hydrogen-bond donors (Lipinski definition) is 3. The molecule has 9 nitrogen and oxygen atoms in total. The largest absolute Gasteiger partial charge is 0.457 e. The molecule has 2 spiro atoms. The van der Waals surface area contributed by atoms with Gasteiger partial charge in [0, 0.05) is 24.0 Å². The Bertz CT molecular complexity index is 1430. The van der Waals surface area contributed by atoms with Gasteiger partial charge in [-0.1, -0.05) is 40.7 Å². The molecule has 13 atom stereocenters. The van der Waals surface area contributed by atoms with E-state index in [1.807, 2.05) is 18.2 Å². The van der Waals surface area contributed by atoms with E-state index in [1.165, 1.54) is 13.3 Å². The lowest BCUT2D eigenvalue weighted by atomic mass is 9.41. The average molecular weight is 667 g/mol. The van der Waals surface area contributed by atoms with Crippen molar-refractivity contribution in [2.75, 3.05) is 0 Å². The highest BCUT2D eigenvalue weighted by molar-refractivity contribution is 5.67. The summed E-state index contributed by atoms with van der Waals surface area (Å²) in [4.78, 5) is 29.3. The third kappa shape index (κ3) is 4.68. The van der Waals surface area contributed by atoms with Crippen LogP contribution in [-0.4, -0.2) is 63.4 Å². The van der Waals surface area contributed by atoms with Crippen LogP contribution in [0.4, 0.5) is 4.79 Å². The maximum absolute atomic E-state index is 13.0. The predicted octanol–water partition coefficient (Wildman–Crippen LogP) is 6.19. The number of alkyl carbamates (subject to hydrolysis) is 1. The molecule has 2 heterocycles. The van der Waals surface area contributed by atoms with Crippen LogP contribution in [0.3, 0.4) is 0 Å². The number of fused-ring (bicyclic) bond motifs is 4. The number of hydrogen-bond acceptors (Lipinski definition) is 8. The zero-order valence-electron chi connectivity index (χ0n) is 30.3. The summed E-state index contributed by atoms with van der Waals surface area (Å²) in [6, 6.07) is 5.67. The molecule has 266 valence electrons. The molecule has 5 saturated carbocycles. The van der Waals surface area contributed by atoms with Gasteiger partial charge in [0.15, 0.2) is 6.10 Å². The van der Waals surface area contributed by atoms with Gasteiger partial charge < -0.3 is 29.7 Å². The van der Waals surface area contributed by atoms with E-state index in [1.54, 1.807) is 20.0 Å². The fraction of sp³-hybridized carbons (Fsp3) is 0.821. The van der Waals surface area contributed by atoms with Crippen molar-refractivity contribution < 1.29 is 34.0 Å². The SMILES string of the molecule is CC(=O)OC(C1C[C@@H](C)[C@H]2C(O1)[C@H](O)[C@@]1(C)C3CC[C@H]4C(C)(C)C(OC(=O)NCc5ccccn5)CCC45CC35CCC21C)C(C)(C)O. The van der Waals surface area contributed by atoms with E-state index >= 15 is 0 Å². The van der Waals surface area contributed by atoms with Crippen LogP contribution in [0.15, 0.2) is 24.4 Å². The van der Waals surface area contributed by atoms with Crippen LogP contribution in [0.2, 0.25) is 0 Å². The lowest BCUT2D eigenvalue weighted by Gasteiger charge is -2.63. The van der Waals surface area contributed by atoms with E-state index < -0.39 is 29.9 Å². The number of ether oxygens (including phenoxy) is 3. The Morgan fingerprint density at radius 2 is 1.79 bits per heavy atom. The number of carbonyl (C=O) groups is 2. The topological polar surface area (TPSA) is 127 Å². The highest BCUT2D eigenvalue weighted by Gasteiger charge is 2.84. The molecule has 48 heavy (non-hydrogen) atoms. The molecular formula is C39H58N2O7. The first-order chi connectivity index (χ1) is 22.4. The molecule has 0 bridgehead atoms. The minimum atomic E-state index is -1.27. The fourth-order valence-corrected chi connectivity index (χ4v) is 13.4. The smallest absolute Gasteiger partial charge is 0.407 e. The van der Waals surface area contributed by atoms with Gasteiger partial charge >= 0.3 is 12.1 Å². The molecular weight excluding hydrogens is 608 g/mol. The third-order valence-corrected chi connectivity index (χ3v) is 15.5. The van der Waals surface area contributed by atoms with Gasteiger partial charge in [0.05, 0.1) is 36.2 Å². The summed E-state index contributed by atoms with van der Waals surface area (Å²) >= 11 is 0. The molecule has 6 fully saturated rings. The number of aromatic nitrogens is 1. The summed E-state index contributed by atoms with van der Waals surface area (Å²) in [7, 11) is 0. The summed E-state index contributed by atoms with van der Waals surface area (Å²) in [6.07, 6.45) is 6.99. The van der Waals surface area contributed by atoms with E-state index in [-0.39, 0.29) is 57.2 Å². The minimum absolute atomic E-state index is 0.0960. The van der Waals surface area contributed by atoms with Crippen molar-refractivity contribution >= 4 is 12.1 Å². The summed E-state index contributed by atoms with van der Waals surface area (Å²) in [5.41, 5.74) is -0.667. The molecule has 7 rings (SSSR count). The van der Waals surface area contributed by atoms with Gasteiger partial charge in [-0.3, -0.25) is 9.78 Å². The highest BCUT2D eigenvalue weighted by Crippen LogP contribution is 2.89. The van der Waals surface area contributed by atoms with Crippen molar-refractivity contribution in [1.82, 2.24) is 10.3 Å². The summed E-state index contributed by atoms with van der Waals surface area (Å²) in [5.74, 6) is 0.815. The molecule has 1 amide bonds. The van der Waals surface area contributed by atoms with Gasteiger partial charge in [-0.2, -0.15) is 0 Å². The fourth-order valence-electron chi connectivity index (χ4n) is 13.4. The van der Waals surface area contributed by atoms with Crippen LogP contribution >= 0.6 is 0 Å². The van der Waals surface area contributed by atoms with Crippen molar-refractivity contribution in [3.8, 4) is 0 Å². The number of aliphatic hydroxyl groups excluding tert-OH is 1. The van der Waals surface area contributed by atoms with E-state index in [0.29, 0.717) is 24.8 Å². The molecule has 0 aromatic carbocycles. The van der Waals surface area contributed by atoms with Crippen LogP contribution in [0, 0.1) is 50.7 Å². The highest BCUT2D eigenvalue weighted by atomic mass is 16.6. The number of pyridine rings is 1. The molecule has 1 aromatic rings. The van der Waals surface area contributed by atoms with Gasteiger partial charge in [-0.15, -0.1) is 0 Å². The van der Waals surface area contributed by atoms with Crippen molar-refractivity contribution in [3.05, 3.63) is 30.1 Å². The summed E-state index contributed by atoms with van der Waals surface area (Å²) < 4.78 is 18.7. The first-order valence-corrected chi connectivity index (χ1v) is 18.5. The predicted molar refractivity (Wildman–Crippen MR) is 179 cm³/mol. The monoisotopic (exact) mass is 666 g/mol. The Kier molecular flexibility index (Phi) is 7.94. The summed E-state index contributed by atoms with van der Waals surface area (Å²) in [6.45, 7) is 16.7. The molecule has 3 N–H and O–H groups in total. The van der Waals surface area contributed by atoms with Crippen molar-refractivity contribution in [2.45, 2.75) is 149 Å². The maximum Gasteiger partial charge on any atom is 0.407 e. The van der Waals surface area contributed by atoms with Crippen LogP contribution in [0.25, 0.3) is 0 Å². The van der Waals surface area contributed by atoms with Gasteiger partial charge in [0.2, 0.25) is 0 Å². The van der Waals surface area contributed by atoms with Gasteiger partial charge in [0.25, 0.3) is 0 Å². The lowest BCUT2D eigenvalue weighted by Crippen LogP contribution is -2.60. The van der Waals surface area contributed by atoms with Gasteiger partial charge in [-0.25, -0.2) is 4.79 Å². The normalized spacial score (nSPS) is 46.0. The van der Waals surface area contributed by atoms with Crippen molar-refractivity contribution in [3.63, 3.8) is 0 Å². The minimum Gasteiger partial charge on any atom is -0.457 e. The number of carbonyl (C=O) groups excluding carboxylic acids is 2. The molecule has 1 aromatic heterocycles. The van der Waals surface area contributed by atoms with Crippen molar-refractivity contribution in [2.24, 2.45) is 50.7 Å². The zero-order chi connectivity index (χ0) is 34.7. The zero-order valence-corrected chi connectivity index (χ0v) is 30.3. The Labute approximate surface area is 286 Å². The Morgan fingerprint density at radius 1 is 1.08 bits per heavy atom. The van der Waals surface area contributed by atoms with Gasteiger partial charge in [0.1, 0.15) is 6.10 Å². The molecule has 0 radical (unpaired) electrons. The number of amides is 1. The second-order valence-electron chi connectivity index (χ2n) is 18.3. The number of rotatable bonds is 6. The maximum atomic E-state index is 13.0. The number of aliphatic hydroxyl groups is 2. The number of nitrogens with one attached hydrogen (secondary N) is 1. The Hall–Kier alpha value is -2.23. The first-order valence-electron chi connectivity index (χ1n) is 18.5. The van der Waals surface area contributed by atoms with E-state index in [9.17, 15) is 19.8 Å². The standard InChI is InChI=1S/C39H58N2O7/c1-22-19-25(32(35(5,6)45)46-23(2)42)47-30-29(22)36(7)16-17-39-21-38(39)15-14-28(48-33(44)41-20-24-11-9-10-18-40-24)34(3,4)26(38)12-13-27(39)37(36,8)31(30)43/h9-11,18,22,25-32,43,45H,12-17,19-21H2,1-8H3,(H,41,44)/t22-,25?,26+,27?,28?,29+,30?,31+,32?,36?,37-,38?,39?/m1/s1. The quantitative estimate of drug-likeness (QED) is 0.307. The van der Waals surface area contributed by atoms with E-state index in [2.05, 4.69) is 44.9 Å². The van der Waals surface area contributed by atoms with Crippen LogP contribution < -0.4 is 5.32 Å². The number of esters is 1. The molecule has 6 aliphatic rings. The molecule has 8 unspecified atom stereocenters. The van der Waals surface area contributed by atoms with Crippen LogP contribution in [0.5, 0.6) is 0 Å². The first kappa shape index (κ1) is 34.2. The van der Waals surface area contributed by atoms with Crippen molar-refractivity contribution in [1.29, 1.82) is 0 Å². The second kappa shape index (κ2) is 11.1. The number of nitrogens with zero attached hydrogens (tertiary/aromatic N) is 1. The second-order valence-corrected chi connectivity index (χ2v) is 18.3. The molecule has 5 aliphatic carbocycles. The summed E-state index contributed by atoms with van der Waals surface area (Å²) in [5, 5.41) is 26.4. The van der Waals surface area contributed by atoms with Crippen LogP contribution in [0.1, 0.15) is 112 Å². The molecule has 1 aliphatic heterocycles. The molecule has 1 saturated heterocycles.